The van der Waals surface area contributed by atoms with Crippen molar-refractivity contribution in [3.05, 3.63) is 0 Å². The summed E-state index contributed by atoms with van der Waals surface area (Å²) in [4.78, 5) is 1.40. The smallest absolute Gasteiger partial charge is 0.337 e. The third kappa shape index (κ3) is 4.14. The molecule has 0 rings (SSSR count). The molecule has 0 saturated heterocycles. The summed E-state index contributed by atoms with van der Waals surface area (Å²) in [5, 5.41) is 0. The minimum absolute atomic E-state index is 0.390. The Morgan fingerprint density at radius 1 is 1.40 bits per heavy atom. The van der Waals surface area contributed by atoms with Crippen molar-refractivity contribution in [3.8, 4) is 0 Å². The molecule has 0 bridgehead atoms. The van der Waals surface area contributed by atoms with Crippen molar-refractivity contribution in [1.29, 1.82) is 0 Å². The van der Waals surface area contributed by atoms with Crippen LogP contribution in [0.3, 0.4) is 0 Å². The van der Waals surface area contributed by atoms with Crippen LogP contribution in [0.4, 0.5) is 0 Å². The van der Waals surface area contributed by atoms with Crippen LogP contribution in [-0.2, 0) is 0 Å². The van der Waals surface area contributed by atoms with Crippen molar-refractivity contribution in [2.45, 2.75) is 0 Å². The fourth-order valence-electron chi connectivity index (χ4n) is 0.520. The lowest BCUT2D eigenvalue weighted by molar-refractivity contribution is -0.866. The molecule has 0 heterocycles. The largest absolute Gasteiger partial charge is 0.341 e. The summed E-state index contributed by atoms with van der Waals surface area (Å²) in [6.07, 6.45) is 0. The highest BCUT2D eigenvalue weighted by molar-refractivity contribution is 5.70. The van der Waals surface area contributed by atoms with Crippen molar-refractivity contribution in [3.63, 3.8) is 0 Å². The van der Waals surface area contributed by atoms with Gasteiger partial charge in [-0.05, 0) is 0 Å². The number of nitrogens with two attached hydrogens (primary N) is 2. The zero-order valence-corrected chi connectivity index (χ0v) is 7.02. The molecule has 60 valence electrons. The highest BCUT2D eigenvalue weighted by atomic mass is 15.1. The van der Waals surface area contributed by atoms with E-state index in [9.17, 15) is 0 Å². The maximum atomic E-state index is 5.33. The van der Waals surface area contributed by atoms with Crippen molar-refractivity contribution < 1.29 is 9.48 Å². The molecule has 0 aliphatic rings. The first-order chi connectivity index (χ1) is 4.54. The van der Waals surface area contributed by atoms with Crippen molar-refractivity contribution >= 4 is 5.96 Å². The molecule has 10 heavy (non-hydrogen) atoms. The number of nitrogens with one attached hydrogen (secondary N) is 1. The number of hydrogen-bond acceptors (Lipinski definition) is 0. The Morgan fingerprint density at radius 3 is 2.20 bits per heavy atom. The predicted molar refractivity (Wildman–Crippen MR) is 42.1 cm³/mol. The van der Waals surface area contributed by atoms with Crippen LogP contribution >= 0.6 is 0 Å². The molecule has 0 unspecified atom stereocenters. The van der Waals surface area contributed by atoms with Gasteiger partial charge in [0.2, 0.25) is 0 Å². The van der Waals surface area contributed by atoms with Gasteiger partial charge in [-0.25, -0.2) is 0 Å². The predicted octanol–water partition coefficient (Wildman–Crippen LogP) is -2.95. The standard InChI is InChI=1S/C6H16N4/c1-9(2)4-5-10(3)6(7)8/h4-5H2,1-3H3,(H3,7,8)/p+2. The molecule has 0 atom stereocenters. The van der Waals surface area contributed by atoms with E-state index >= 15 is 0 Å². The van der Waals surface area contributed by atoms with E-state index in [1.165, 1.54) is 4.90 Å². The lowest BCUT2D eigenvalue weighted by atomic mass is 10.5. The minimum atomic E-state index is 0.390. The van der Waals surface area contributed by atoms with E-state index in [0.717, 1.165) is 13.1 Å². The van der Waals surface area contributed by atoms with Gasteiger partial charge < -0.3 is 4.90 Å². The maximum Gasteiger partial charge on any atom is 0.341 e. The Hall–Kier alpha value is -0.770. The molecule has 0 aromatic rings. The fourth-order valence-corrected chi connectivity index (χ4v) is 0.520. The molecule has 0 aromatic heterocycles. The van der Waals surface area contributed by atoms with Gasteiger partial charge in [0.15, 0.2) is 0 Å². The second kappa shape index (κ2) is 4.11. The molecule has 0 aliphatic carbocycles. The van der Waals surface area contributed by atoms with E-state index in [1.54, 1.807) is 0 Å². The molecular formula is C6H18N4+2. The summed E-state index contributed by atoms with van der Waals surface area (Å²) in [5.41, 5.74) is 10.7. The Morgan fingerprint density at radius 2 is 1.90 bits per heavy atom. The van der Waals surface area contributed by atoms with Crippen LogP contribution in [0.1, 0.15) is 0 Å². The fraction of sp³-hybridized carbons (Fsp3) is 0.833. The first-order valence-electron chi connectivity index (χ1n) is 3.42. The summed E-state index contributed by atoms with van der Waals surface area (Å²) >= 11 is 0. The van der Waals surface area contributed by atoms with E-state index in [0.29, 0.717) is 5.96 Å². The zero-order valence-electron chi connectivity index (χ0n) is 7.02. The van der Waals surface area contributed by atoms with Gasteiger partial charge >= 0.3 is 5.96 Å². The van der Waals surface area contributed by atoms with E-state index in [2.05, 4.69) is 14.1 Å². The monoisotopic (exact) mass is 146 g/mol. The highest BCUT2D eigenvalue weighted by Gasteiger charge is 1.98. The Balaban J connectivity index is 3.60. The Labute approximate surface area is 62.1 Å². The van der Waals surface area contributed by atoms with Gasteiger partial charge in [-0.2, -0.15) is 0 Å². The van der Waals surface area contributed by atoms with Crippen LogP contribution in [0.25, 0.3) is 0 Å². The lowest BCUT2D eigenvalue weighted by Gasteiger charge is -2.06. The number of rotatable bonds is 3. The first kappa shape index (κ1) is 9.23. The van der Waals surface area contributed by atoms with Crippen LogP contribution < -0.4 is 16.4 Å². The average Bonchev–Trinajstić information content (AvgIpc) is 1.82. The average molecular weight is 146 g/mol. The van der Waals surface area contributed by atoms with Crippen LogP contribution in [0.15, 0.2) is 0 Å². The first-order valence-corrected chi connectivity index (χ1v) is 3.42. The minimum Gasteiger partial charge on any atom is -0.337 e. The highest BCUT2D eigenvalue weighted by Crippen LogP contribution is 1.60. The summed E-state index contributed by atoms with van der Waals surface area (Å²) in [5.74, 6) is 0.390. The van der Waals surface area contributed by atoms with Crippen LogP contribution in [-0.4, -0.2) is 44.8 Å². The Bertz CT molecular complexity index is 124. The van der Waals surface area contributed by atoms with E-state index in [-0.39, 0.29) is 0 Å². The van der Waals surface area contributed by atoms with E-state index in [1.807, 2.05) is 11.6 Å². The molecule has 5 N–H and O–H groups in total. The number of hydrogen-bond donors (Lipinski definition) is 3. The molecule has 0 radical (unpaired) electrons. The molecule has 4 nitrogen and oxygen atoms in total. The normalized spacial score (nSPS) is 10.0. The van der Waals surface area contributed by atoms with Crippen LogP contribution in [0.2, 0.25) is 0 Å². The van der Waals surface area contributed by atoms with Crippen LogP contribution in [0.5, 0.6) is 0 Å². The van der Waals surface area contributed by atoms with Gasteiger partial charge in [-0.1, -0.05) is 0 Å². The summed E-state index contributed by atoms with van der Waals surface area (Å²) in [7, 11) is 6.08. The number of nitrogens with zero attached hydrogens (tertiary/aromatic N) is 1. The maximum absolute atomic E-state index is 5.33. The molecule has 0 spiro atoms. The molecule has 0 amide bonds. The van der Waals surface area contributed by atoms with Gasteiger partial charge in [0.25, 0.3) is 0 Å². The molecule has 0 saturated carbocycles. The molecule has 0 aliphatic heterocycles. The molecule has 0 fully saturated rings. The number of quaternary nitrogens is 1. The van der Waals surface area contributed by atoms with Gasteiger partial charge in [0, 0.05) is 0 Å². The summed E-state index contributed by atoms with van der Waals surface area (Å²) in [6, 6.07) is 0. The topological polar surface area (TPSA) is 59.5 Å². The lowest BCUT2D eigenvalue weighted by Crippen LogP contribution is -3.06. The van der Waals surface area contributed by atoms with Crippen molar-refractivity contribution in [2.24, 2.45) is 11.5 Å². The summed E-state index contributed by atoms with van der Waals surface area (Å²) in [6.45, 7) is 1.96. The third-order valence-corrected chi connectivity index (χ3v) is 1.39. The van der Waals surface area contributed by atoms with Gasteiger partial charge in [-0.3, -0.25) is 16.0 Å². The van der Waals surface area contributed by atoms with Crippen molar-refractivity contribution in [2.75, 3.05) is 34.2 Å². The SMILES string of the molecule is C[N+](CC[NH+](C)C)=C(N)N. The quantitative estimate of drug-likeness (QED) is 0.226. The van der Waals surface area contributed by atoms with Gasteiger partial charge in [-0.15, -0.1) is 0 Å². The second-order valence-corrected chi connectivity index (χ2v) is 2.80. The molecule has 0 aromatic carbocycles. The van der Waals surface area contributed by atoms with Crippen LogP contribution in [0, 0.1) is 0 Å². The van der Waals surface area contributed by atoms with E-state index < -0.39 is 0 Å². The summed E-state index contributed by atoms with van der Waals surface area (Å²) < 4.78 is 1.84. The van der Waals surface area contributed by atoms with E-state index in [4.69, 9.17) is 11.5 Å². The molecular weight excluding hydrogens is 128 g/mol. The number of likely N-dealkylation sites (N-methyl/N-ethyl adjacent to an activating group) is 2. The third-order valence-electron chi connectivity index (χ3n) is 1.39. The number of guanidine groups is 1. The second-order valence-electron chi connectivity index (χ2n) is 2.80. The van der Waals surface area contributed by atoms with Gasteiger partial charge in [0.05, 0.1) is 21.1 Å². The molecule has 4 heteroatoms. The Kier molecular flexibility index (Phi) is 3.79. The van der Waals surface area contributed by atoms with Gasteiger partial charge in [0.1, 0.15) is 13.1 Å². The zero-order chi connectivity index (χ0) is 8.15. The van der Waals surface area contributed by atoms with Crippen molar-refractivity contribution in [1.82, 2.24) is 0 Å².